The maximum atomic E-state index is 9.22. The van der Waals surface area contributed by atoms with Crippen LogP contribution in [0.2, 0.25) is 0 Å². The average Bonchev–Trinajstić information content (AvgIpc) is 2.28. The summed E-state index contributed by atoms with van der Waals surface area (Å²) in [5, 5.41) is 12.7. The number of rotatable bonds is 2. The van der Waals surface area contributed by atoms with Gasteiger partial charge in [0.25, 0.3) is 0 Å². The minimum Gasteiger partial charge on any atom is -0.381 e. The third kappa shape index (κ3) is 2.80. The SMILES string of the molecule is Cc1cc(NC2CCOC(C)C2)c(C#N)c(C)n1. The van der Waals surface area contributed by atoms with Gasteiger partial charge in [0.15, 0.2) is 0 Å². The van der Waals surface area contributed by atoms with Crippen LogP contribution in [0.5, 0.6) is 0 Å². The van der Waals surface area contributed by atoms with Gasteiger partial charge in [-0.05, 0) is 39.7 Å². The van der Waals surface area contributed by atoms with E-state index in [0.717, 1.165) is 36.5 Å². The molecule has 1 aromatic heterocycles. The van der Waals surface area contributed by atoms with Crippen molar-refractivity contribution in [3.8, 4) is 6.07 Å². The van der Waals surface area contributed by atoms with Crippen LogP contribution in [0.4, 0.5) is 5.69 Å². The van der Waals surface area contributed by atoms with Crippen LogP contribution < -0.4 is 5.32 Å². The fourth-order valence-electron chi connectivity index (χ4n) is 2.43. The van der Waals surface area contributed by atoms with Gasteiger partial charge in [0.2, 0.25) is 0 Å². The average molecular weight is 245 g/mol. The molecule has 0 bridgehead atoms. The van der Waals surface area contributed by atoms with Crippen molar-refractivity contribution in [2.45, 2.75) is 45.8 Å². The predicted octanol–water partition coefficient (Wildman–Crippen LogP) is 2.55. The molecule has 1 aliphatic rings. The van der Waals surface area contributed by atoms with Gasteiger partial charge in [-0.1, -0.05) is 0 Å². The maximum Gasteiger partial charge on any atom is 0.103 e. The fourth-order valence-corrected chi connectivity index (χ4v) is 2.43. The molecule has 96 valence electrons. The smallest absolute Gasteiger partial charge is 0.103 e. The second-order valence-electron chi connectivity index (χ2n) is 4.93. The lowest BCUT2D eigenvalue weighted by atomic mass is 10.0. The van der Waals surface area contributed by atoms with Crippen molar-refractivity contribution in [3.05, 3.63) is 23.0 Å². The molecule has 2 atom stereocenters. The fraction of sp³-hybridized carbons (Fsp3) is 0.571. The summed E-state index contributed by atoms with van der Waals surface area (Å²) in [7, 11) is 0. The minimum atomic E-state index is 0.283. The number of hydrogen-bond acceptors (Lipinski definition) is 4. The molecule has 1 aliphatic heterocycles. The Morgan fingerprint density at radius 1 is 1.50 bits per heavy atom. The van der Waals surface area contributed by atoms with E-state index in [1.807, 2.05) is 19.9 Å². The van der Waals surface area contributed by atoms with Gasteiger partial charge in [0, 0.05) is 18.3 Å². The number of hydrogen-bond donors (Lipinski definition) is 1. The molecule has 0 aliphatic carbocycles. The van der Waals surface area contributed by atoms with Gasteiger partial charge in [-0.25, -0.2) is 0 Å². The van der Waals surface area contributed by atoms with Gasteiger partial charge in [-0.3, -0.25) is 4.98 Å². The molecule has 1 aromatic rings. The summed E-state index contributed by atoms with van der Waals surface area (Å²) in [4.78, 5) is 4.33. The molecule has 0 saturated carbocycles. The zero-order valence-electron chi connectivity index (χ0n) is 11.2. The molecule has 1 N–H and O–H groups in total. The highest BCUT2D eigenvalue weighted by atomic mass is 16.5. The van der Waals surface area contributed by atoms with Crippen LogP contribution in [0.25, 0.3) is 0 Å². The molecule has 0 amide bonds. The van der Waals surface area contributed by atoms with E-state index >= 15 is 0 Å². The second-order valence-corrected chi connectivity index (χ2v) is 4.93. The Morgan fingerprint density at radius 2 is 2.28 bits per heavy atom. The molecule has 0 aromatic carbocycles. The molecule has 1 saturated heterocycles. The number of nitriles is 1. The molecule has 2 heterocycles. The number of aryl methyl sites for hydroxylation is 2. The first-order chi connectivity index (χ1) is 8.60. The predicted molar refractivity (Wildman–Crippen MR) is 70.5 cm³/mol. The quantitative estimate of drug-likeness (QED) is 0.870. The van der Waals surface area contributed by atoms with Gasteiger partial charge in [0.05, 0.1) is 23.0 Å². The number of nitrogens with one attached hydrogen (secondary N) is 1. The standard InChI is InChI=1S/C14H19N3O/c1-9-6-14(13(8-15)11(3)16-9)17-12-4-5-18-10(2)7-12/h6,10,12H,4-5,7H2,1-3H3,(H,16,17). The van der Waals surface area contributed by atoms with E-state index < -0.39 is 0 Å². The van der Waals surface area contributed by atoms with Crippen molar-refractivity contribution in [2.75, 3.05) is 11.9 Å². The lowest BCUT2D eigenvalue weighted by molar-refractivity contribution is 0.0232. The maximum absolute atomic E-state index is 9.22. The van der Waals surface area contributed by atoms with Crippen LogP contribution >= 0.6 is 0 Å². The van der Waals surface area contributed by atoms with Gasteiger partial charge in [-0.2, -0.15) is 5.26 Å². The summed E-state index contributed by atoms with van der Waals surface area (Å²) in [6.45, 7) is 6.70. The number of aromatic nitrogens is 1. The molecule has 18 heavy (non-hydrogen) atoms. The molecule has 2 unspecified atom stereocenters. The van der Waals surface area contributed by atoms with Crippen molar-refractivity contribution in [1.82, 2.24) is 4.98 Å². The van der Waals surface area contributed by atoms with Crippen LogP contribution in [-0.2, 0) is 4.74 Å². The lowest BCUT2D eigenvalue weighted by Crippen LogP contribution is -2.32. The Balaban J connectivity index is 2.20. The van der Waals surface area contributed by atoms with Crippen molar-refractivity contribution in [1.29, 1.82) is 5.26 Å². The minimum absolute atomic E-state index is 0.283. The summed E-state index contributed by atoms with van der Waals surface area (Å²) < 4.78 is 5.53. The molecule has 1 fully saturated rings. The number of nitrogens with zero attached hydrogens (tertiary/aromatic N) is 2. The molecular weight excluding hydrogens is 226 g/mol. The topological polar surface area (TPSA) is 57.9 Å². The summed E-state index contributed by atoms with van der Waals surface area (Å²) in [6.07, 6.45) is 2.24. The normalized spacial score (nSPS) is 23.4. The van der Waals surface area contributed by atoms with E-state index in [9.17, 15) is 5.26 Å². The number of ether oxygens (including phenoxy) is 1. The first kappa shape index (κ1) is 12.8. The van der Waals surface area contributed by atoms with Gasteiger partial charge < -0.3 is 10.1 Å². The van der Waals surface area contributed by atoms with Crippen LogP contribution in [-0.4, -0.2) is 23.7 Å². The zero-order chi connectivity index (χ0) is 13.1. The van der Waals surface area contributed by atoms with E-state index in [0.29, 0.717) is 11.6 Å². The Hall–Kier alpha value is -1.60. The van der Waals surface area contributed by atoms with Crippen molar-refractivity contribution >= 4 is 5.69 Å². The highest BCUT2D eigenvalue weighted by molar-refractivity contribution is 5.60. The highest BCUT2D eigenvalue weighted by Crippen LogP contribution is 2.23. The third-order valence-corrected chi connectivity index (χ3v) is 3.28. The molecule has 4 nitrogen and oxygen atoms in total. The first-order valence-corrected chi connectivity index (χ1v) is 6.36. The molecule has 4 heteroatoms. The van der Waals surface area contributed by atoms with Crippen molar-refractivity contribution in [3.63, 3.8) is 0 Å². The molecular formula is C14H19N3O. The van der Waals surface area contributed by atoms with Crippen LogP contribution in [0.3, 0.4) is 0 Å². The van der Waals surface area contributed by atoms with Crippen molar-refractivity contribution in [2.24, 2.45) is 0 Å². The number of anilines is 1. The highest BCUT2D eigenvalue weighted by Gasteiger charge is 2.20. The van der Waals surface area contributed by atoms with Gasteiger partial charge in [-0.15, -0.1) is 0 Å². The zero-order valence-corrected chi connectivity index (χ0v) is 11.2. The van der Waals surface area contributed by atoms with E-state index in [-0.39, 0.29) is 6.10 Å². The Labute approximate surface area is 108 Å². The monoisotopic (exact) mass is 245 g/mol. The van der Waals surface area contributed by atoms with Gasteiger partial charge >= 0.3 is 0 Å². The summed E-state index contributed by atoms with van der Waals surface area (Å²) in [5.41, 5.74) is 3.29. The van der Waals surface area contributed by atoms with E-state index in [1.54, 1.807) is 0 Å². The molecule has 2 rings (SSSR count). The van der Waals surface area contributed by atoms with E-state index in [1.165, 1.54) is 0 Å². The van der Waals surface area contributed by atoms with E-state index in [2.05, 4.69) is 23.3 Å². The Bertz CT molecular complexity index is 479. The first-order valence-electron chi connectivity index (χ1n) is 6.36. The molecule has 0 spiro atoms. The third-order valence-electron chi connectivity index (χ3n) is 3.28. The number of pyridine rings is 1. The van der Waals surface area contributed by atoms with Gasteiger partial charge in [0.1, 0.15) is 6.07 Å². The lowest BCUT2D eigenvalue weighted by Gasteiger charge is -2.29. The Kier molecular flexibility index (Phi) is 3.83. The summed E-state index contributed by atoms with van der Waals surface area (Å²) in [6, 6.07) is 4.56. The van der Waals surface area contributed by atoms with Crippen molar-refractivity contribution < 1.29 is 4.74 Å². The van der Waals surface area contributed by atoms with E-state index in [4.69, 9.17) is 4.74 Å². The molecule has 0 radical (unpaired) electrons. The largest absolute Gasteiger partial charge is 0.381 e. The van der Waals surface area contributed by atoms with Crippen LogP contribution in [0, 0.1) is 25.2 Å². The Morgan fingerprint density at radius 3 is 2.94 bits per heavy atom. The summed E-state index contributed by atoms with van der Waals surface area (Å²) in [5.74, 6) is 0. The van der Waals surface area contributed by atoms with Crippen LogP contribution in [0.15, 0.2) is 6.07 Å². The second kappa shape index (κ2) is 5.36. The van der Waals surface area contributed by atoms with Crippen LogP contribution in [0.1, 0.15) is 36.7 Å². The summed E-state index contributed by atoms with van der Waals surface area (Å²) >= 11 is 0.